The molecule has 3 heteroatoms. The molecule has 0 bridgehead atoms. The van der Waals surface area contributed by atoms with Crippen molar-refractivity contribution in [1.82, 2.24) is 9.13 Å². The summed E-state index contributed by atoms with van der Waals surface area (Å²) < 4.78 is 7.58. The largest absolute Gasteiger partial charge is 0.343 e. The van der Waals surface area contributed by atoms with E-state index in [-0.39, 0.29) is 0 Å². The van der Waals surface area contributed by atoms with Crippen molar-refractivity contribution in [3.8, 4) is 5.69 Å². The lowest BCUT2D eigenvalue weighted by atomic mass is 9.99. The molecule has 3 heterocycles. The van der Waals surface area contributed by atoms with Crippen LogP contribution in [0.2, 0.25) is 0 Å². The number of fused-ring (bicyclic) bond motifs is 13. The van der Waals surface area contributed by atoms with Gasteiger partial charge in [-0.25, -0.2) is 0 Å². The van der Waals surface area contributed by atoms with Crippen LogP contribution in [0.15, 0.2) is 115 Å². The first-order valence-electron chi connectivity index (χ1n) is 13.0. The number of para-hydroxylation sites is 2. The molecule has 3 aromatic heterocycles. The average Bonchev–Trinajstić information content (AvgIpc) is 3.62. The number of benzene rings is 6. The van der Waals surface area contributed by atoms with Crippen LogP contribution in [0.25, 0.3) is 80.2 Å². The van der Waals surface area contributed by atoms with Gasteiger partial charge < -0.3 is 9.13 Å². The van der Waals surface area contributed by atoms with Crippen LogP contribution in [0.3, 0.4) is 0 Å². The highest BCUT2D eigenvalue weighted by atomic mass is 32.1. The third kappa shape index (κ3) is 2.42. The maximum atomic E-state index is 2.53. The second-order valence-electron chi connectivity index (χ2n) is 10.2. The summed E-state index contributed by atoms with van der Waals surface area (Å²) >= 11 is 1.89. The lowest BCUT2D eigenvalue weighted by Gasteiger charge is -2.12. The fourth-order valence-electron chi connectivity index (χ4n) is 6.76. The standard InChI is InChI=1S/C35H22N2S/c1-36-27-17-7-4-14-25(27)31-32-26-15-5-8-18-28(26)37(34(32)23-13-3-2-12-22(23)33(31)36)29-19-10-16-24-21-11-6-9-20-30(21)38-35(24)29/h2-20H,1H3. The minimum atomic E-state index is 1.25. The molecular formula is C35H22N2S. The van der Waals surface area contributed by atoms with Crippen LogP contribution in [-0.4, -0.2) is 9.13 Å². The summed E-state index contributed by atoms with van der Waals surface area (Å²) in [6.45, 7) is 0. The summed E-state index contributed by atoms with van der Waals surface area (Å²) in [5, 5.41) is 10.5. The van der Waals surface area contributed by atoms with Crippen LogP contribution < -0.4 is 0 Å². The molecule has 6 aromatic carbocycles. The van der Waals surface area contributed by atoms with E-state index in [1.54, 1.807) is 0 Å². The van der Waals surface area contributed by atoms with E-state index < -0.39 is 0 Å². The van der Waals surface area contributed by atoms with Crippen molar-refractivity contribution in [3.63, 3.8) is 0 Å². The Morgan fingerprint density at radius 3 is 1.82 bits per heavy atom. The lowest BCUT2D eigenvalue weighted by Crippen LogP contribution is -1.95. The highest BCUT2D eigenvalue weighted by Gasteiger charge is 2.23. The molecule has 2 nitrogen and oxygen atoms in total. The number of aryl methyl sites for hydroxylation is 1. The normalized spacial score (nSPS) is 12.3. The van der Waals surface area contributed by atoms with Gasteiger partial charge in [0.1, 0.15) is 0 Å². The lowest BCUT2D eigenvalue weighted by molar-refractivity contribution is 1.02. The Balaban J connectivity index is 1.62. The highest BCUT2D eigenvalue weighted by Crippen LogP contribution is 2.47. The number of nitrogens with zero attached hydrogens (tertiary/aromatic N) is 2. The summed E-state index contributed by atoms with van der Waals surface area (Å²) in [6.07, 6.45) is 0. The van der Waals surface area contributed by atoms with E-state index in [0.29, 0.717) is 0 Å². The molecule has 0 spiro atoms. The van der Waals surface area contributed by atoms with Gasteiger partial charge >= 0.3 is 0 Å². The van der Waals surface area contributed by atoms with Crippen molar-refractivity contribution >= 4 is 85.9 Å². The summed E-state index contributed by atoms with van der Waals surface area (Å²) in [6, 6.07) is 42.3. The van der Waals surface area contributed by atoms with Crippen LogP contribution in [-0.2, 0) is 7.05 Å². The minimum absolute atomic E-state index is 1.25. The van der Waals surface area contributed by atoms with Gasteiger partial charge in [0.15, 0.2) is 0 Å². The maximum absolute atomic E-state index is 2.53. The number of thiophene rings is 1. The Morgan fingerprint density at radius 2 is 1.03 bits per heavy atom. The smallest absolute Gasteiger partial charge is 0.0641 e. The molecule has 9 rings (SSSR count). The molecule has 0 aliphatic heterocycles. The molecule has 0 N–H and O–H groups in total. The summed E-state index contributed by atoms with van der Waals surface area (Å²) in [7, 11) is 2.21. The van der Waals surface area contributed by atoms with Gasteiger partial charge in [0.05, 0.1) is 26.9 Å². The average molecular weight is 503 g/mol. The molecule has 0 atom stereocenters. The van der Waals surface area contributed by atoms with Crippen LogP contribution in [0.5, 0.6) is 0 Å². The Kier molecular flexibility index (Phi) is 3.90. The van der Waals surface area contributed by atoms with Gasteiger partial charge in [-0.2, -0.15) is 0 Å². The number of rotatable bonds is 1. The van der Waals surface area contributed by atoms with E-state index in [1.165, 1.54) is 80.2 Å². The predicted octanol–water partition coefficient (Wildman–Crippen LogP) is 9.95. The topological polar surface area (TPSA) is 9.86 Å². The quantitative estimate of drug-likeness (QED) is 0.211. The van der Waals surface area contributed by atoms with Crippen molar-refractivity contribution in [2.45, 2.75) is 0 Å². The Labute approximate surface area is 222 Å². The fourth-order valence-corrected chi connectivity index (χ4v) is 7.97. The van der Waals surface area contributed by atoms with E-state index in [1.807, 2.05) is 11.3 Å². The van der Waals surface area contributed by atoms with Gasteiger partial charge in [-0.3, -0.25) is 0 Å². The van der Waals surface area contributed by atoms with Gasteiger partial charge in [0, 0.05) is 60.4 Å². The third-order valence-electron chi connectivity index (χ3n) is 8.29. The van der Waals surface area contributed by atoms with Crippen molar-refractivity contribution < 1.29 is 0 Å². The van der Waals surface area contributed by atoms with E-state index in [9.17, 15) is 0 Å². The van der Waals surface area contributed by atoms with Crippen molar-refractivity contribution in [3.05, 3.63) is 115 Å². The van der Waals surface area contributed by atoms with E-state index in [4.69, 9.17) is 0 Å². The Bertz CT molecular complexity index is 2420. The van der Waals surface area contributed by atoms with E-state index >= 15 is 0 Å². The molecule has 0 saturated heterocycles. The van der Waals surface area contributed by atoms with Gasteiger partial charge in [-0.05, 0) is 24.3 Å². The third-order valence-corrected chi connectivity index (χ3v) is 9.50. The first-order valence-corrected chi connectivity index (χ1v) is 13.8. The van der Waals surface area contributed by atoms with Gasteiger partial charge in [0.25, 0.3) is 0 Å². The molecule has 0 aliphatic rings. The van der Waals surface area contributed by atoms with Crippen molar-refractivity contribution in [1.29, 1.82) is 0 Å². The Morgan fingerprint density at radius 1 is 0.474 bits per heavy atom. The van der Waals surface area contributed by atoms with Gasteiger partial charge in [0.2, 0.25) is 0 Å². The number of aromatic nitrogens is 2. The SMILES string of the molecule is Cn1c2ccccc2c2c3c4ccccc4n(-c4cccc5c4sc4ccccc45)c3c3ccccc3c21. The van der Waals surface area contributed by atoms with Crippen molar-refractivity contribution in [2.24, 2.45) is 7.05 Å². The van der Waals surface area contributed by atoms with Crippen LogP contribution >= 0.6 is 11.3 Å². The number of hydrogen-bond donors (Lipinski definition) is 0. The second kappa shape index (κ2) is 7.25. The molecule has 0 radical (unpaired) electrons. The molecule has 0 aliphatic carbocycles. The summed E-state index contributed by atoms with van der Waals surface area (Å²) in [4.78, 5) is 0. The van der Waals surface area contributed by atoms with Crippen LogP contribution in [0.4, 0.5) is 0 Å². The molecule has 0 saturated carbocycles. The van der Waals surface area contributed by atoms with E-state index in [0.717, 1.165) is 0 Å². The van der Waals surface area contributed by atoms with Crippen LogP contribution in [0.1, 0.15) is 0 Å². The maximum Gasteiger partial charge on any atom is 0.0641 e. The fraction of sp³-hybridized carbons (Fsp3) is 0.0286. The Hall–Kier alpha value is -4.60. The first kappa shape index (κ1) is 20.5. The van der Waals surface area contributed by atoms with Gasteiger partial charge in [-0.1, -0.05) is 91.0 Å². The van der Waals surface area contributed by atoms with E-state index in [2.05, 4.69) is 131 Å². The zero-order chi connectivity index (χ0) is 25.0. The van der Waals surface area contributed by atoms with Crippen molar-refractivity contribution in [2.75, 3.05) is 0 Å². The minimum Gasteiger partial charge on any atom is -0.343 e. The molecule has 0 unspecified atom stereocenters. The predicted molar refractivity (Wildman–Crippen MR) is 165 cm³/mol. The molecule has 9 aromatic rings. The first-order chi connectivity index (χ1) is 18.8. The molecule has 0 fully saturated rings. The summed E-state index contributed by atoms with van der Waals surface area (Å²) in [5.74, 6) is 0. The zero-order valence-corrected chi connectivity index (χ0v) is 21.6. The summed E-state index contributed by atoms with van der Waals surface area (Å²) in [5.41, 5.74) is 6.36. The zero-order valence-electron chi connectivity index (χ0n) is 20.8. The molecule has 178 valence electrons. The van der Waals surface area contributed by atoms with Gasteiger partial charge in [-0.15, -0.1) is 11.3 Å². The highest BCUT2D eigenvalue weighted by molar-refractivity contribution is 7.26. The molecule has 38 heavy (non-hydrogen) atoms. The number of hydrogen-bond acceptors (Lipinski definition) is 1. The monoisotopic (exact) mass is 502 g/mol. The molecule has 0 amide bonds. The second-order valence-corrected chi connectivity index (χ2v) is 11.2. The molecular weight excluding hydrogens is 480 g/mol. The van der Waals surface area contributed by atoms with Crippen LogP contribution in [0, 0.1) is 0 Å².